The van der Waals surface area contributed by atoms with Crippen molar-refractivity contribution in [2.45, 2.75) is 32.1 Å². The van der Waals surface area contributed by atoms with Gasteiger partial charge in [-0.05, 0) is 32.3 Å². The molecule has 1 heterocycles. The first-order valence-electron chi connectivity index (χ1n) is 6.03. The lowest BCUT2D eigenvalue weighted by molar-refractivity contribution is -0.120. The van der Waals surface area contributed by atoms with Crippen LogP contribution in [-0.2, 0) is 14.9 Å². The summed E-state index contributed by atoms with van der Waals surface area (Å²) in [5, 5.41) is 0. The zero-order chi connectivity index (χ0) is 12.3. The fourth-order valence-corrected chi connectivity index (χ4v) is 2.12. The van der Waals surface area contributed by atoms with E-state index in [1.54, 1.807) is 6.26 Å². The highest BCUT2D eigenvalue weighted by atomic mass is 16.5. The van der Waals surface area contributed by atoms with Crippen LogP contribution in [0.5, 0.6) is 0 Å². The summed E-state index contributed by atoms with van der Waals surface area (Å²) >= 11 is 0. The van der Waals surface area contributed by atoms with Gasteiger partial charge in [0.2, 0.25) is 0 Å². The Kier molecular flexibility index (Phi) is 3.32. The molecule has 0 N–H and O–H groups in total. The number of Topliss-reactive ketones (excluding diaryl/α,β-unsaturated/α-hetero) is 1. The Balaban J connectivity index is 2.26. The van der Waals surface area contributed by atoms with E-state index in [0.717, 1.165) is 30.6 Å². The zero-order valence-electron chi connectivity index (χ0n) is 10.4. The molecule has 0 fully saturated rings. The van der Waals surface area contributed by atoms with Gasteiger partial charge in [0.15, 0.2) is 5.78 Å². The smallest absolute Gasteiger partial charge is 0.171 e. The van der Waals surface area contributed by atoms with Crippen molar-refractivity contribution in [3.05, 3.63) is 47.7 Å². The van der Waals surface area contributed by atoms with Crippen molar-refractivity contribution in [1.29, 1.82) is 0 Å². The third kappa shape index (κ3) is 2.41. The highest BCUT2D eigenvalue weighted by molar-refractivity contribution is 6.02. The number of carbonyl (C=O) groups excluding carboxylic acids is 1. The molecule has 0 radical (unpaired) electrons. The summed E-state index contributed by atoms with van der Waals surface area (Å²) in [6.07, 6.45) is 3.40. The number of allylic oxidation sites excluding steroid dienone is 1. The molecule has 1 aliphatic rings. The standard InChI is InChI=1S/C15H18O2/c1-15(2,13-8-4-3-5-9-13)14(16)12-7-6-10-17-11-12/h3-5,8-9,11H,6-7,10H2,1-2H3. The van der Waals surface area contributed by atoms with Crippen LogP contribution in [0.25, 0.3) is 0 Å². The fraction of sp³-hybridized carbons (Fsp3) is 0.400. The Morgan fingerprint density at radius 3 is 2.53 bits per heavy atom. The molecule has 0 unspecified atom stereocenters. The van der Waals surface area contributed by atoms with Crippen molar-refractivity contribution >= 4 is 5.78 Å². The largest absolute Gasteiger partial charge is 0.501 e. The van der Waals surface area contributed by atoms with Gasteiger partial charge in [-0.3, -0.25) is 4.79 Å². The van der Waals surface area contributed by atoms with Crippen molar-refractivity contribution in [3.8, 4) is 0 Å². The normalized spacial score (nSPS) is 16.0. The molecule has 1 aromatic rings. The zero-order valence-corrected chi connectivity index (χ0v) is 10.4. The van der Waals surface area contributed by atoms with E-state index in [0.29, 0.717) is 0 Å². The first kappa shape index (κ1) is 11.9. The van der Waals surface area contributed by atoms with Gasteiger partial charge in [0, 0.05) is 5.57 Å². The van der Waals surface area contributed by atoms with E-state index in [9.17, 15) is 4.79 Å². The second-order valence-corrected chi connectivity index (χ2v) is 4.94. The van der Waals surface area contributed by atoms with Crippen LogP contribution in [0.1, 0.15) is 32.3 Å². The number of hydrogen-bond acceptors (Lipinski definition) is 2. The average Bonchev–Trinajstić information content (AvgIpc) is 2.40. The second kappa shape index (κ2) is 4.74. The van der Waals surface area contributed by atoms with Crippen LogP contribution in [0.15, 0.2) is 42.2 Å². The molecule has 17 heavy (non-hydrogen) atoms. The molecule has 1 aliphatic heterocycles. The molecular formula is C15H18O2. The van der Waals surface area contributed by atoms with E-state index in [-0.39, 0.29) is 5.78 Å². The minimum absolute atomic E-state index is 0.170. The van der Waals surface area contributed by atoms with Gasteiger partial charge in [0.05, 0.1) is 18.3 Å². The first-order chi connectivity index (χ1) is 8.12. The summed E-state index contributed by atoms with van der Waals surface area (Å²) in [4.78, 5) is 12.5. The van der Waals surface area contributed by atoms with Crippen LogP contribution in [0.4, 0.5) is 0 Å². The van der Waals surface area contributed by atoms with E-state index in [2.05, 4.69) is 0 Å². The molecule has 0 spiro atoms. The lowest BCUT2D eigenvalue weighted by Crippen LogP contribution is -2.31. The monoisotopic (exact) mass is 230 g/mol. The maximum absolute atomic E-state index is 12.5. The molecule has 2 nitrogen and oxygen atoms in total. The highest BCUT2D eigenvalue weighted by Crippen LogP contribution is 2.29. The fourth-order valence-electron chi connectivity index (χ4n) is 2.12. The number of ether oxygens (including phenoxy) is 1. The van der Waals surface area contributed by atoms with Gasteiger partial charge in [-0.25, -0.2) is 0 Å². The summed E-state index contributed by atoms with van der Waals surface area (Å²) in [7, 11) is 0. The van der Waals surface area contributed by atoms with Crippen LogP contribution in [0.2, 0.25) is 0 Å². The molecule has 2 heteroatoms. The first-order valence-corrected chi connectivity index (χ1v) is 6.03. The summed E-state index contributed by atoms with van der Waals surface area (Å²) in [5.41, 5.74) is 1.38. The van der Waals surface area contributed by atoms with Crippen LogP contribution in [-0.4, -0.2) is 12.4 Å². The predicted molar refractivity (Wildman–Crippen MR) is 67.7 cm³/mol. The Bertz CT molecular complexity index is 429. The van der Waals surface area contributed by atoms with E-state index in [1.807, 2.05) is 44.2 Å². The van der Waals surface area contributed by atoms with Gasteiger partial charge in [-0.15, -0.1) is 0 Å². The van der Waals surface area contributed by atoms with Crippen molar-refractivity contribution in [3.63, 3.8) is 0 Å². The molecular weight excluding hydrogens is 212 g/mol. The number of benzene rings is 1. The maximum Gasteiger partial charge on any atom is 0.171 e. The van der Waals surface area contributed by atoms with E-state index < -0.39 is 5.41 Å². The second-order valence-electron chi connectivity index (χ2n) is 4.94. The van der Waals surface area contributed by atoms with Gasteiger partial charge < -0.3 is 4.74 Å². The number of hydrogen-bond donors (Lipinski definition) is 0. The Morgan fingerprint density at radius 1 is 1.24 bits per heavy atom. The molecule has 0 aromatic heterocycles. The van der Waals surface area contributed by atoms with Gasteiger partial charge >= 0.3 is 0 Å². The predicted octanol–water partition coefficient (Wildman–Crippen LogP) is 3.23. The Hall–Kier alpha value is -1.57. The van der Waals surface area contributed by atoms with Crippen LogP contribution in [0, 0.1) is 0 Å². The third-order valence-corrected chi connectivity index (χ3v) is 3.29. The van der Waals surface area contributed by atoms with Gasteiger partial charge in [-0.2, -0.15) is 0 Å². The summed E-state index contributed by atoms with van der Waals surface area (Å²) in [6.45, 7) is 4.67. The molecule has 0 saturated carbocycles. The third-order valence-electron chi connectivity index (χ3n) is 3.29. The molecule has 0 aliphatic carbocycles. The number of ketones is 1. The minimum atomic E-state index is -0.478. The van der Waals surface area contributed by atoms with Gasteiger partial charge in [-0.1, -0.05) is 30.3 Å². The molecule has 90 valence electrons. The van der Waals surface area contributed by atoms with Crippen LogP contribution >= 0.6 is 0 Å². The quantitative estimate of drug-likeness (QED) is 0.797. The molecule has 0 atom stereocenters. The van der Waals surface area contributed by atoms with E-state index >= 15 is 0 Å². The lowest BCUT2D eigenvalue weighted by atomic mass is 9.77. The molecule has 2 rings (SSSR count). The molecule has 0 bridgehead atoms. The molecule has 0 amide bonds. The molecule has 0 saturated heterocycles. The van der Waals surface area contributed by atoms with Gasteiger partial charge in [0.25, 0.3) is 0 Å². The number of carbonyl (C=O) groups is 1. The summed E-state index contributed by atoms with van der Waals surface area (Å²) in [6, 6.07) is 9.91. The SMILES string of the molecule is CC(C)(C(=O)C1=COCCC1)c1ccccc1. The van der Waals surface area contributed by atoms with Crippen LogP contribution in [0.3, 0.4) is 0 Å². The van der Waals surface area contributed by atoms with Crippen LogP contribution < -0.4 is 0 Å². The summed E-state index contributed by atoms with van der Waals surface area (Å²) < 4.78 is 5.25. The number of rotatable bonds is 3. The average molecular weight is 230 g/mol. The van der Waals surface area contributed by atoms with Crippen molar-refractivity contribution in [2.24, 2.45) is 0 Å². The Labute approximate surface area is 102 Å². The van der Waals surface area contributed by atoms with Gasteiger partial charge in [0.1, 0.15) is 0 Å². The van der Waals surface area contributed by atoms with Crippen molar-refractivity contribution in [1.82, 2.24) is 0 Å². The maximum atomic E-state index is 12.5. The Morgan fingerprint density at radius 2 is 1.94 bits per heavy atom. The van der Waals surface area contributed by atoms with E-state index in [1.165, 1.54) is 0 Å². The topological polar surface area (TPSA) is 26.3 Å². The van der Waals surface area contributed by atoms with Crippen molar-refractivity contribution in [2.75, 3.05) is 6.61 Å². The lowest BCUT2D eigenvalue weighted by Gasteiger charge is -2.26. The van der Waals surface area contributed by atoms with E-state index in [4.69, 9.17) is 4.74 Å². The summed E-state index contributed by atoms with van der Waals surface area (Å²) in [5.74, 6) is 0.170. The minimum Gasteiger partial charge on any atom is -0.501 e. The van der Waals surface area contributed by atoms with Crippen molar-refractivity contribution < 1.29 is 9.53 Å². The highest BCUT2D eigenvalue weighted by Gasteiger charge is 2.32. The molecule has 1 aromatic carbocycles.